The van der Waals surface area contributed by atoms with Crippen LogP contribution in [0.5, 0.6) is 11.5 Å². The maximum absolute atomic E-state index is 13.0. The van der Waals surface area contributed by atoms with E-state index in [9.17, 15) is 9.59 Å². The van der Waals surface area contributed by atoms with Crippen molar-refractivity contribution in [3.63, 3.8) is 0 Å². The largest absolute Gasteiger partial charge is 0.494 e. The monoisotopic (exact) mass is 396 g/mol. The molecule has 0 aliphatic carbocycles. The van der Waals surface area contributed by atoms with E-state index < -0.39 is 6.04 Å². The number of carbonyl (C=O) groups excluding carboxylic acids is 2. The van der Waals surface area contributed by atoms with Gasteiger partial charge in [0.15, 0.2) is 0 Å². The van der Waals surface area contributed by atoms with E-state index in [0.29, 0.717) is 30.9 Å². The number of para-hydroxylation sites is 1. The molecule has 0 radical (unpaired) electrons. The molecule has 3 rings (SSSR count). The van der Waals surface area contributed by atoms with E-state index in [1.807, 2.05) is 45.0 Å². The second-order valence-corrected chi connectivity index (χ2v) is 7.39. The average Bonchev–Trinajstić information content (AvgIpc) is 2.72. The third-order valence-corrected chi connectivity index (χ3v) is 4.94. The minimum absolute atomic E-state index is 0.0586. The minimum atomic E-state index is -0.635. The molecule has 0 saturated heterocycles. The number of ether oxygens (including phenoxy) is 2. The predicted octanol–water partition coefficient (Wildman–Crippen LogP) is 3.48. The van der Waals surface area contributed by atoms with Crippen LogP contribution >= 0.6 is 0 Å². The number of rotatable bonds is 7. The van der Waals surface area contributed by atoms with Crippen molar-refractivity contribution in [2.24, 2.45) is 5.92 Å². The molecule has 29 heavy (non-hydrogen) atoms. The fraction of sp³-hybridized carbons (Fsp3) is 0.391. The second kappa shape index (κ2) is 9.45. The van der Waals surface area contributed by atoms with Gasteiger partial charge < -0.3 is 20.1 Å². The molecule has 154 valence electrons. The highest BCUT2D eigenvalue weighted by molar-refractivity contribution is 5.97. The van der Waals surface area contributed by atoms with Crippen molar-refractivity contribution in [3.8, 4) is 11.5 Å². The summed E-state index contributed by atoms with van der Waals surface area (Å²) < 4.78 is 11.1. The predicted molar refractivity (Wildman–Crippen MR) is 111 cm³/mol. The van der Waals surface area contributed by atoms with Crippen LogP contribution < -0.4 is 20.1 Å². The maximum atomic E-state index is 13.0. The highest BCUT2D eigenvalue weighted by Gasteiger charge is 2.29. The van der Waals surface area contributed by atoms with Crippen molar-refractivity contribution in [2.75, 3.05) is 13.2 Å². The Balaban J connectivity index is 1.68. The Labute approximate surface area is 171 Å². The molecule has 2 atom stereocenters. The summed E-state index contributed by atoms with van der Waals surface area (Å²) in [6, 6.07) is 13.8. The van der Waals surface area contributed by atoms with Crippen LogP contribution in [0, 0.1) is 5.92 Å². The first-order valence-electron chi connectivity index (χ1n) is 10.1. The van der Waals surface area contributed by atoms with Gasteiger partial charge in [0.2, 0.25) is 5.91 Å². The SMILES string of the molecule is CCOc1ccc(C(=O)N[C@H](C(=O)N[C@@H]2CCOc3ccccc32)C(C)C)cc1. The fourth-order valence-corrected chi connectivity index (χ4v) is 3.38. The molecular formula is C23H28N2O4. The summed E-state index contributed by atoms with van der Waals surface area (Å²) in [6.45, 7) is 6.86. The van der Waals surface area contributed by atoms with Gasteiger partial charge in [-0.15, -0.1) is 0 Å². The van der Waals surface area contributed by atoms with Crippen molar-refractivity contribution < 1.29 is 19.1 Å². The van der Waals surface area contributed by atoms with Crippen LogP contribution in [0.2, 0.25) is 0 Å². The first kappa shape index (κ1) is 20.7. The summed E-state index contributed by atoms with van der Waals surface area (Å²) in [4.78, 5) is 25.7. The van der Waals surface area contributed by atoms with Crippen LogP contribution in [0.25, 0.3) is 0 Å². The van der Waals surface area contributed by atoms with Gasteiger partial charge in [-0.25, -0.2) is 0 Å². The van der Waals surface area contributed by atoms with Crippen LogP contribution in [-0.4, -0.2) is 31.1 Å². The molecule has 0 aromatic heterocycles. The van der Waals surface area contributed by atoms with Crippen molar-refractivity contribution in [1.29, 1.82) is 0 Å². The zero-order valence-corrected chi connectivity index (χ0v) is 17.1. The Morgan fingerprint density at radius 3 is 2.55 bits per heavy atom. The quantitative estimate of drug-likeness (QED) is 0.751. The van der Waals surface area contributed by atoms with Gasteiger partial charge in [-0.1, -0.05) is 32.0 Å². The van der Waals surface area contributed by atoms with E-state index in [-0.39, 0.29) is 23.8 Å². The molecule has 1 aliphatic rings. The lowest BCUT2D eigenvalue weighted by Gasteiger charge is -2.29. The summed E-state index contributed by atoms with van der Waals surface area (Å²) in [7, 11) is 0. The van der Waals surface area contributed by atoms with Crippen molar-refractivity contribution >= 4 is 11.8 Å². The van der Waals surface area contributed by atoms with Gasteiger partial charge >= 0.3 is 0 Å². The average molecular weight is 396 g/mol. The molecule has 0 fully saturated rings. The summed E-state index contributed by atoms with van der Waals surface area (Å²) in [5, 5.41) is 5.96. The molecule has 0 bridgehead atoms. The minimum Gasteiger partial charge on any atom is -0.494 e. The molecule has 6 heteroatoms. The normalized spacial score (nSPS) is 16.3. The molecule has 0 spiro atoms. The number of fused-ring (bicyclic) bond motifs is 1. The molecule has 1 heterocycles. The van der Waals surface area contributed by atoms with E-state index >= 15 is 0 Å². The van der Waals surface area contributed by atoms with Crippen LogP contribution in [0.1, 0.15) is 49.2 Å². The Bertz CT molecular complexity index is 848. The van der Waals surface area contributed by atoms with Crippen molar-refractivity contribution in [2.45, 2.75) is 39.3 Å². The summed E-state index contributed by atoms with van der Waals surface area (Å²) in [5.41, 5.74) is 1.45. The lowest BCUT2D eigenvalue weighted by Crippen LogP contribution is -2.50. The van der Waals surface area contributed by atoms with E-state index in [4.69, 9.17) is 9.47 Å². The van der Waals surface area contributed by atoms with E-state index in [2.05, 4.69) is 10.6 Å². The third-order valence-electron chi connectivity index (χ3n) is 4.94. The molecule has 1 aliphatic heterocycles. The number of hydrogen-bond acceptors (Lipinski definition) is 4. The van der Waals surface area contributed by atoms with Gasteiger partial charge in [-0.2, -0.15) is 0 Å². The van der Waals surface area contributed by atoms with E-state index in [1.54, 1.807) is 24.3 Å². The van der Waals surface area contributed by atoms with Crippen molar-refractivity contribution in [1.82, 2.24) is 10.6 Å². The third kappa shape index (κ3) is 5.08. The molecule has 2 N–H and O–H groups in total. The second-order valence-electron chi connectivity index (χ2n) is 7.39. The first-order chi connectivity index (χ1) is 14.0. The molecule has 6 nitrogen and oxygen atoms in total. The van der Waals surface area contributed by atoms with Gasteiger partial charge in [-0.05, 0) is 43.2 Å². The number of amides is 2. The molecule has 2 aromatic rings. The van der Waals surface area contributed by atoms with Gasteiger partial charge in [0, 0.05) is 17.5 Å². The molecular weight excluding hydrogens is 368 g/mol. The smallest absolute Gasteiger partial charge is 0.251 e. The van der Waals surface area contributed by atoms with Gasteiger partial charge in [-0.3, -0.25) is 9.59 Å². The first-order valence-corrected chi connectivity index (χ1v) is 10.1. The van der Waals surface area contributed by atoms with Crippen LogP contribution in [0.15, 0.2) is 48.5 Å². The number of hydrogen-bond donors (Lipinski definition) is 2. The summed E-state index contributed by atoms with van der Waals surface area (Å²) in [5.74, 6) is 0.968. The van der Waals surface area contributed by atoms with Crippen LogP contribution in [-0.2, 0) is 4.79 Å². The molecule has 0 unspecified atom stereocenters. The topological polar surface area (TPSA) is 76.7 Å². The standard InChI is InChI=1S/C23H28N2O4/c1-4-28-17-11-9-16(10-12-17)22(26)25-21(15(2)3)23(27)24-19-13-14-29-20-8-6-5-7-18(19)20/h5-12,15,19,21H,4,13-14H2,1-3H3,(H,24,27)(H,25,26)/t19-,21+/m1/s1. The maximum Gasteiger partial charge on any atom is 0.251 e. The van der Waals surface area contributed by atoms with Crippen LogP contribution in [0.3, 0.4) is 0 Å². The molecule has 2 aromatic carbocycles. The lowest BCUT2D eigenvalue weighted by atomic mass is 9.98. The highest BCUT2D eigenvalue weighted by atomic mass is 16.5. The summed E-state index contributed by atoms with van der Waals surface area (Å²) >= 11 is 0. The van der Waals surface area contributed by atoms with Gasteiger partial charge in [0.05, 0.1) is 19.3 Å². The zero-order valence-electron chi connectivity index (χ0n) is 17.1. The van der Waals surface area contributed by atoms with E-state index in [1.165, 1.54) is 0 Å². The lowest BCUT2D eigenvalue weighted by molar-refractivity contribution is -0.124. The zero-order chi connectivity index (χ0) is 20.8. The Kier molecular flexibility index (Phi) is 6.75. The van der Waals surface area contributed by atoms with Gasteiger partial charge in [0.25, 0.3) is 5.91 Å². The fourth-order valence-electron chi connectivity index (χ4n) is 3.38. The number of carbonyl (C=O) groups is 2. The van der Waals surface area contributed by atoms with E-state index in [0.717, 1.165) is 11.3 Å². The number of benzene rings is 2. The van der Waals surface area contributed by atoms with Crippen molar-refractivity contribution in [3.05, 3.63) is 59.7 Å². The van der Waals surface area contributed by atoms with Gasteiger partial charge in [0.1, 0.15) is 17.5 Å². The molecule has 0 saturated carbocycles. The summed E-state index contributed by atoms with van der Waals surface area (Å²) in [6.07, 6.45) is 0.695. The Hall–Kier alpha value is -3.02. The Morgan fingerprint density at radius 2 is 1.86 bits per heavy atom. The number of nitrogens with one attached hydrogen (secondary N) is 2. The van der Waals surface area contributed by atoms with Crippen LogP contribution in [0.4, 0.5) is 0 Å². The Morgan fingerprint density at radius 1 is 1.14 bits per heavy atom. The molecule has 2 amide bonds. The highest BCUT2D eigenvalue weighted by Crippen LogP contribution is 2.31.